The van der Waals surface area contributed by atoms with E-state index in [2.05, 4.69) is 9.97 Å². The van der Waals surface area contributed by atoms with E-state index in [9.17, 15) is 4.39 Å². The van der Waals surface area contributed by atoms with Crippen molar-refractivity contribution in [3.8, 4) is 0 Å². The van der Waals surface area contributed by atoms with E-state index in [1.54, 1.807) is 6.07 Å². The monoisotopic (exact) mass is 241 g/mol. The van der Waals surface area contributed by atoms with Crippen LogP contribution >= 0.6 is 0 Å². The molecule has 0 radical (unpaired) electrons. The molecule has 1 heterocycles. The van der Waals surface area contributed by atoms with Gasteiger partial charge in [-0.2, -0.15) is 0 Å². The molecular weight excluding hydrogens is 229 g/mol. The minimum atomic E-state index is -0.267. The first-order chi connectivity index (χ1) is 8.72. The van der Waals surface area contributed by atoms with Crippen molar-refractivity contribution >= 4 is 16.7 Å². The van der Waals surface area contributed by atoms with Gasteiger partial charge in [0.1, 0.15) is 11.6 Å². The summed E-state index contributed by atoms with van der Waals surface area (Å²) in [6.45, 7) is 0. The summed E-state index contributed by atoms with van der Waals surface area (Å²) in [5.41, 5.74) is 9.11. The van der Waals surface area contributed by atoms with Crippen molar-refractivity contribution in [3.63, 3.8) is 0 Å². The maximum absolute atomic E-state index is 13.1. The second kappa shape index (κ2) is 4.14. The lowest BCUT2D eigenvalue weighted by atomic mass is 10.1. The van der Waals surface area contributed by atoms with Gasteiger partial charge in [-0.3, -0.25) is 0 Å². The number of benzene rings is 2. The zero-order chi connectivity index (χ0) is 12.5. The van der Waals surface area contributed by atoms with Crippen LogP contribution in [-0.2, 0) is 6.42 Å². The van der Waals surface area contributed by atoms with Gasteiger partial charge in [-0.25, -0.2) is 9.37 Å². The number of nitrogen functional groups attached to an aromatic ring is 1. The van der Waals surface area contributed by atoms with E-state index in [4.69, 9.17) is 5.73 Å². The predicted molar refractivity (Wildman–Crippen MR) is 69.7 cm³/mol. The third-order valence-corrected chi connectivity index (χ3v) is 2.91. The molecule has 4 heteroatoms. The van der Waals surface area contributed by atoms with Gasteiger partial charge in [0.05, 0.1) is 11.0 Å². The Morgan fingerprint density at radius 1 is 1.17 bits per heavy atom. The van der Waals surface area contributed by atoms with Gasteiger partial charge < -0.3 is 10.7 Å². The average molecular weight is 241 g/mol. The third kappa shape index (κ3) is 1.93. The van der Waals surface area contributed by atoms with E-state index in [1.807, 2.05) is 24.3 Å². The number of imidazole rings is 1. The Balaban J connectivity index is 1.98. The highest BCUT2D eigenvalue weighted by molar-refractivity contribution is 5.75. The number of aromatic nitrogens is 2. The smallest absolute Gasteiger partial charge is 0.125 e. The summed E-state index contributed by atoms with van der Waals surface area (Å²) in [7, 11) is 0. The normalized spacial score (nSPS) is 10.9. The summed E-state index contributed by atoms with van der Waals surface area (Å²) in [6, 6.07) is 12.2. The summed E-state index contributed by atoms with van der Waals surface area (Å²) >= 11 is 0. The number of nitrogens with one attached hydrogen (secondary N) is 1. The van der Waals surface area contributed by atoms with Crippen LogP contribution in [0.1, 0.15) is 11.4 Å². The number of H-pyrrole nitrogens is 1. The maximum Gasteiger partial charge on any atom is 0.125 e. The van der Waals surface area contributed by atoms with Crippen LogP contribution in [0.25, 0.3) is 11.0 Å². The molecule has 3 N–H and O–H groups in total. The molecule has 0 unspecified atom stereocenters. The quantitative estimate of drug-likeness (QED) is 0.678. The summed E-state index contributed by atoms with van der Waals surface area (Å²) in [4.78, 5) is 7.52. The number of anilines is 1. The van der Waals surface area contributed by atoms with Gasteiger partial charge in [-0.1, -0.05) is 18.2 Å². The Kier molecular flexibility index (Phi) is 2.48. The van der Waals surface area contributed by atoms with Gasteiger partial charge >= 0.3 is 0 Å². The van der Waals surface area contributed by atoms with Crippen molar-refractivity contribution in [2.75, 3.05) is 5.73 Å². The van der Waals surface area contributed by atoms with Crippen LogP contribution in [0.3, 0.4) is 0 Å². The van der Waals surface area contributed by atoms with E-state index in [1.165, 1.54) is 12.1 Å². The molecule has 0 atom stereocenters. The first-order valence-corrected chi connectivity index (χ1v) is 5.70. The fourth-order valence-corrected chi connectivity index (χ4v) is 1.99. The van der Waals surface area contributed by atoms with Gasteiger partial charge in [-0.15, -0.1) is 0 Å². The minimum Gasteiger partial charge on any atom is -0.398 e. The standard InChI is InChI=1S/C14H12FN3/c15-10-5-6-12-13(8-10)18-14(17-12)7-9-3-1-2-4-11(9)16/h1-6,8H,7,16H2,(H,17,18). The van der Waals surface area contributed by atoms with E-state index >= 15 is 0 Å². The first kappa shape index (κ1) is 10.8. The molecule has 0 aliphatic heterocycles. The number of nitrogens with two attached hydrogens (primary N) is 1. The largest absolute Gasteiger partial charge is 0.398 e. The van der Waals surface area contributed by atoms with Crippen molar-refractivity contribution in [2.45, 2.75) is 6.42 Å². The molecule has 0 saturated carbocycles. The lowest BCUT2D eigenvalue weighted by Gasteiger charge is -2.01. The zero-order valence-electron chi connectivity index (χ0n) is 9.65. The molecule has 0 bridgehead atoms. The number of hydrogen-bond acceptors (Lipinski definition) is 2. The predicted octanol–water partition coefficient (Wildman–Crippen LogP) is 2.88. The van der Waals surface area contributed by atoms with Crippen LogP contribution < -0.4 is 5.73 Å². The SMILES string of the molecule is Nc1ccccc1Cc1nc2ccc(F)cc2[nH]1. The van der Waals surface area contributed by atoms with Crippen LogP contribution in [0.5, 0.6) is 0 Å². The number of hydrogen-bond donors (Lipinski definition) is 2. The van der Waals surface area contributed by atoms with Crippen LogP contribution in [0.4, 0.5) is 10.1 Å². The zero-order valence-corrected chi connectivity index (χ0v) is 9.65. The molecule has 0 aliphatic rings. The van der Waals surface area contributed by atoms with Gasteiger partial charge in [0.15, 0.2) is 0 Å². The number of halogens is 1. The molecular formula is C14H12FN3. The average Bonchev–Trinajstić information content (AvgIpc) is 2.73. The summed E-state index contributed by atoms with van der Waals surface area (Å²) in [6.07, 6.45) is 0.614. The van der Waals surface area contributed by atoms with Gasteiger partial charge in [0.25, 0.3) is 0 Å². The number of para-hydroxylation sites is 1. The molecule has 3 rings (SSSR count). The minimum absolute atomic E-state index is 0.267. The Morgan fingerprint density at radius 3 is 2.83 bits per heavy atom. The highest BCUT2D eigenvalue weighted by Gasteiger charge is 2.06. The molecule has 3 nitrogen and oxygen atoms in total. The second-order valence-corrected chi connectivity index (χ2v) is 4.22. The molecule has 0 saturated heterocycles. The Hall–Kier alpha value is -2.36. The molecule has 1 aromatic heterocycles. The van der Waals surface area contributed by atoms with E-state index < -0.39 is 0 Å². The number of fused-ring (bicyclic) bond motifs is 1. The molecule has 0 spiro atoms. The molecule has 0 amide bonds. The van der Waals surface area contributed by atoms with Crippen LogP contribution in [0, 0.1) is 5.82 Å². The summed E-state index contributed by atoms with van der Waals surface area (Å²) in [5.74, 6) is 0.519. The first-order valence-electron chi connectivity index (χ1n) is 5.70. The van der Waals surface area contributed by atoms with Crippen molar-refractivity contribution in [2.24, 2.45) is 0 Å². The van der Waals surface area contributed by atoms with E-state index in [0.29, 0.717) is 11.9 Å². The van der Waals surface area contributed by atoms with E-state index in [0.717, 1.165) is 22.6 Å². The molecule has 0 fully saturated rings. The molecule has 0 aliphatic carbocycles. The van der Waals surface area contributed by atoms with Crippen molar-refractivity contribution in [1.29, 1.82) is 0 Å². The van der Waals surface area contributed by atoms with Gasteiger partial charge in [0, 0.05) is 12.1 Å². The molecule has 2 aromatic carbocycles. The summed E-state index contributed by atoms with van der Waals surface area (Å²) in [5, 5.41) is 0. The number of nitrogens with zero attached hydrogens (tertiary/aromatic N) is 1. The molecule has 18 heavy (non-hydrogen) atoms. The van der Waals surface area contributed by atoms with Gasteiger partial charge in [0.2, 0.25) is 0 Å². The number of aromatic amines is 1. The number of rotatable bonds is 2. The molecule has 90 valence electrons. The Labute approximate surface area is 103 Å². The van der Waals surface area contributed by atoms with Crippen LogP contribution in [0.2, 0.25) is 0 Å². The lowest BCUT2D eigenvalue weighted by molar-refractivity contribution is 0.629. The highest BCUT2D eigenvalue weighted by Crippen LogP contribution is 2.18. The highest BCUT2D eigenvalue weighted by atomic mass is 19.1. The summed E-state index contributed by atoms with van der Waals surface area (Å²) < 4.78 is 13.1. The van der Waals surface area contributed by atoms with Crippen molar-refractivity contribution in [3.05, 3.63) is 59.7 Å². The lowest BCUT2D eigenvalue weighted by Crippen LogP contribution is -1.96. The Bertz CT molecular complexity index is 703. The van der Waals surface area contributed by atoms with Gasteiger partial charge in [-0.05, 0) is 29.8 Å². The molecule has 3 aromatic rings. The second-order valence-electron chi connectivity index (χ2n) is 4.22. The van der Waals surface area contributed by atoms with Crippen molar-refractivity contribution in [1.82, 2.24) is 9.97 Å². The fraction of sp³-hybridized carbons (Fsp3) is 0.0714. The van der Waals surface area contributed by atoms with Crippen LogP contribution in [0.15, 0.2) is 42.5 Å². The topological polar surface area (TPSA) is 54.7 Å². The van der Waals surface area contributed by atoms with Crippen LogP contribution in [-0.4, -0.2) is 9.97 Å². The third-order valence-electron chi connectivity index (χ3n) is 2.91. The van der Waals surface area contributed by atoms with Crippen molar-refractivity contribution < 1.29 is 4.39 Å². The fourth-order valence-electron chi connectivity index (χ4n) is 1.99. The van der Waals surface area contributed by atoms with E-state index in [-0.39, 0.29) is 5.82 Å². The maximum atomic E-state index is 13.1. The Morgan fingerprint density at radius 2 is 2.00 bits per heavy atom.